The van der Waals surface area contributed by atoms with E-state index in [4.69, 9.17) is 23.2 Å². The van der Waals surface area contributed by atoms with Gasteiger partial charge < -0.3 is 15.6 Å². The topological polar surface area (TPSA) is 69.8 Å². The molecule has 0 radical (unpaired) electrons. The first-order valence-electron chi connectivity index (χ1n) is 6.49. The van der Waals surface area contributed by atoms with Crippen LogP contribution < -0.4 is 10.6 Å². The maximum Gasteiger partial charge on any atom is 0.319 e. The van der Waals surface area contributed by atoms with Crippen LogP contribution in [0.25, 0.3) is 0 Å². The average Bonchev–Trinajstić information content (AvgIpc) is 2.93. The average molecular weight is 327 g/mol. The molecule has 21 heavy (non-hydrogen) atoms. The SMILES string of the molecule is CC(C)C(NC(=O)Nc1cc(Cl)ccc1Cl)c1ncc[nH]1. The number of halogens is 2. The molecule has 1 atom stereocenters. The highest BCUT2D eigenvalue weighted by Gasteiger charge is 2.20. The lowest BCUT2D eigenvalue weighted by atomic mass is 10.0. The molecular weight excluding hydrogens is 311 g/mol. The summed E-state index contributed by atoms with van der Waals surface area (Å²) in [6.07, 6.45) is 3.37. The van der Waals surface area contributed by atoms with E-state index in [0.717, 1.165) is 0 Å². The summed E-state index contributed by atoms with van der Waals surface area (Å²) >= 11 is 11.9. The predicted octanol–water partition coefficient (Wildman–Crippen LogP) is 4.24. The van der Waals surface area contributed by atoms with Crippen LogP contribution in [0.5, 0.6) is 0 Å². The first kappa shape index (κ1) is 15.7. The van der Waals surface area contributed by atoms with Crippen molar-refractivity contribution in [2.24, 2.45) is 5.92 Å². The number of urea groups is 1. The number of benzene rings is 1. The Bertz CT molecular complexity index is 613. The van der Waals surface area contributed by atoms with E-state index in [1.165, 1.54) is 0 Å². The molecule has 0 saturated carbocycles. The third-order valence-corrected chi connectivity index (χ3v) is 3.51. The number of hydrogen-bond acceptors (Lipinski definition) is 2. The minimum absolute atomic E-state index is 0.178. The number of nitrogens with zero attached hydrogens (tertiary/aromatic N) is 1. The third-order valence-electron chi connectivity index (χ3n) is 2.94. The largest absolute Gasteiger partial charge is 0.347 e. The minimum atomic E-state index is -0.366. The molecule has 5 nitrogen and oxygen atoms in total. The summed E-state index contributed by atoms with van der Waals surface area (Å²) in [6.45, 7) is 4.00. The van der Waals surface area contributed by atoms with Crippen molar-refractivity contribution in [2.45, 2.75) is 19.9 Å². The molecule has 112 valence electrons. The fourth-order valence-corrected chi connectivity index (χ4v) is 2.23. The van der Waals surface area contributed by atoms with Gasteiger partial charge in [-0.05, 0) is 24.1 Å². The number of carbonyl (C=O) groups is 1. The van der Waals surface area contributed by atoms with E-state index in [9.17, 15) is 4.79 Å². The van der Waals surface area contributed by atoms with Crippen LogP contribution in [-0.4, -0.2) is 16.0 Å². The van der Waals surface area contributed by atoms with Gasteiger partial charge in [0.15, 0.2) is 0 Å². The highest BCUT2D eigenvalue weighted by Crippen LogP contribution is 2.25. The van der Waals surface area contributed by atoms with E-state index >= 15 is 0 Å². The number of imidazole rings is 1. The number of amides is 2. The second kappa shape index (κ2) is 6.83. The van der Waals surface area contributed by atoms with Crippen LogP contribution in [0.4, 0.5) is 10.5 Å². The summed E-state index contributed by atoms with van der Waals surface area (Å²) in [7, 11) is 0. The maximum absolute atomic E-state index is 12.1. The number of carbonyl (C=O) groups excluding carboxylic acids is 1. The minimum Gasteiger partial charge on any atom is -0.347 e. The number of nitrogens with one attached hydrogen (secondary N) is 3. The van der Waals surface area contributed by atoms with Crippen molar-refractivity contribution in [3.8, 4) is 0 Å². The molecule has 0 aliphatic rings. The van der Waals surface area contributed by atoms with E-state index in [2.05, 4.69) is 20.6 Å². The Morgan fingerprint density at radius 2 is 2.10 bits per heavy atom. The lowest BCUT2D eigenvalue weighted by Gasteiger charge is -2.20. The van der Waals surface area contributed by atoms with Crippen LogP contribution >= 0.6 is 23.2 Å². The summed E-state index contributed by atoms with van der Waals surface area (Å²) < 4.78 is 0. The molecule has 1 unspecified atom stereocenters. The van der Waals surface area contributed by atoms with Gasteiger partial charge in [0, 0.05) is 17.4 Å². The number of anilines is 1. The third kappa shape index (κ3) is 4.12. The van der Waals surface area contributed by atoms with Gasteiger partial charge in [0.25, 0.3) is 0 Å². The van der Waals surface area contributed by atoms with E-state index in [0.29, 0.717) is 21.6 Å². The van der Waals surface area contributed by atoms with E-state index < -0.39 is 0 Å². The van der Waals surface area contributed by atoms with Crippen LogP contribution in [0.15, 0.2) is 30.6 Å². The summed E-state index contributed by atoms with van der Waals surface area (Å²) in [5.41, 5.74) is 0.462. The van der Waals surface area contributed by atoms with Crippen molar-refractivity contribution in [2.75, 3.05) is 5.32 Å². The standard InChI is InChI=1S/C14H16Cl2N4O/c1-8(2)12(13-17-5-6-18-13)20-14(21)19-11-7-9(15)3-4-10(11)16/h3-8,12H,1-2H3,(H,17,18)(H2,19,20,21). The summed E-state index contributed by atoms with van der Waals surface area (Å²) in [5.74, 6) is 0.883. The van der Waals surface area contributed by atoms with Crippen molar-refractivity contribution >= 4 is 34.9 Å². The van der Waals surface area contributed by atoms with Crippen molar-refractivity contribution in [1.29, 1.82) is 0 Å². The second-order valence-corrected chi connectivity index (χ2v) is 5.76. The van der Waals surface area contributed by atoms with E-state index in [1.807, 2.05) is 13.8 Å². The number of hydrogen-bond donors (Lipinski definition) is 3. The Hall–Kier alpha value is -1.72. The highest BCUT2D eigenvalue weighted by atomic mass is 35.5. The molecule has 0 fully saturated rings. The molecule has 2 aromatic rings. The quantitative estimate of drug-likeness (QED) is 0.786. The zero-order valence-corrected chi connectivity index (χ0v) is 13.2. The van der Waals surface area contributed by atoms with E-state index in [-0.39, 0.29) is 18.0 Å². The van der Waals surface area contributed by atoms with Gasteiger partial charge in [-0.25, -0.2) is 9.78 Å². The second-order valence-electron chi connectivity index (χ2n) is 4.92. The summed E-state index contributed by atoms with van der Waals surface area (Å²) in [6, 6.07) is 4.30. The molecule has 3 N–H and O–H groups in total. The fourth-order valence-electron chi connectivity index (χ4n) is 1.89. The van der Waals surface area contributed by atoms with Gasteiger partial charge in [-0.1, -0.05) is 37.0 Å². The number of aromatic amines is 1. The van der Waals surface area contributed by atoms with Crippen molar-refractivity contribution in [1.82, 2.24) is 15.3 Å². The molecule has 0 aliphatic heterocycles. The zero-order valence-electron chi connectivity index (χ0n) is 11.7. The lowest BCUT2D eigenvalue weighted by Crippen LogP contribution is -2.35. The molecule has 2 rings (SSSR count). The van der Waals surface area contributed by atoms with Crippen molar-refractivity contribution in [3.63, 3.8) is 0 Å². The molecule has 0 bridgehead atoms. The van der Waals surface area contributed by atoms with Crippen molar-refractivity contribution < 1.29 is 4.79 Å². The molecule has 2 amide bonds. The number of rotatable bonds is 4. The van der Waals surface area contributed by atoms with Gasteiger partial charge in [0.1, 0.15) is 5.82 Å². The van der Waals surface area contributed by atoms with Gasteiger partial charge >= 0.3 is 6.03 Å². The molecule has 1 aromatic heterocycles. The molecule has 7 heteroatoms. The molecule has 1 aromatic carbocycles. The van der Waals surface area contributed by atoms with Gasteiger partial charge in [0.2, 0.25) is 0 Å². The normalized spacial score (nSPS) is 12.2. The summed E-state index contributed by atoms with van der Waals surface area (Å²) in [4.78, 5) is 19.3. The van der Waals surface area contributed by atoms with Crippen LogP contribution in [-0.2, 0) is 0 Å². The molecule has 0 aliphatic carbocycles. The molecular formula is C14H16Cl2N4O. The van der Waals surface area contributed by atoms with E-state index in [1.54, 1.807) is 30.6 Å². The smallest absolute Gasteiger partial charge is 0.319 e. The van der Waals surface area contributed by atoms with Crippen LogP contribution in [0.3, 0.4) is 0 Å². The van der Waals surface area contributed by atoms with Crippen LogP contribution in [0.1, 0.15) is 25.7 Å². The van der Waals surface area contributed by atoms with Crippen LogP contribution in [0, 0.1) is 5.92 Å². The Morgan fingerprint density at radius 1 is 1.33 bits per heavy atom. The fraction of sp³-hybridized carbons (Fsp3) is 0.286. The van der Waals surface area contributed by atoms with Crippen molar-refractivity contribution in [3.05, 3.63) is 46.5 Å². The molecule has 1 heterocycles. The molecule has 0 spiro atoms. The number of H-pyrrole nitrogens is 1. The Morgan fingerprint density at radius 3 is 2.71 bits per heavy atom. The van der Waals surface area contributed by atoms with Gasteiger partial charge in [0.05, 0.1) is 16.8 Å². The van der Waals surface area contributed by atoms with Gasteiger partial charge in [-0.3, -0.25) is 0 Å². The Balaban J connectivity index is 2.08. The van der Waals surface area contributed by atoms with Gasteiger partial charge in [-0.15, -0.1) is 0 Å². The number of aromatic nitrogens is 2. The maximum atomic E-state index is 12.1. The predicted molar refractivity (Wildman–Crippen MR) is 84.8 cm³/mol. The first-order valence-corrected chi connectivity index (χ1v) is 7.25. The Labute approximate surface area is 133 Å². The van der Waals surface area contributed by atoms with Gasteiger partial charge in [-0.2, -0.15) is 0 Å². The zero-order chi connectivity index (χ0) is 15.4. The Kier molecular flexibility index (Phi) is 5.09. The monoisotopic (exact) mass is 326 g/mol. The summed E-state index contributed by atoms with van der Waals surface area (Å²) in [5, 5.41) is 6.48. The first-order chi connectivity index (χ1) is 9.97. The molecule has 0 saturated heterocycles. The highest BCUT2D eigenvalue weighted by molar-refractivity contribution is 6.35. The lowest BCUT2D eigenvalue weighted by molar-refractivity contribution is 0.244. The van der Waals surface area contributed by atoms with Crippen LogP contribution in [0.2, 0.25) is 10.0 Å².